The van der Waals surface area contributed by atoms with Crippen LogP contribution in [0.2, 0.25) is 0 Å². The number of nitrogens with zero attached hydrogens (tertiary/aromatic N) is 1. The summed E-state index contributed by atoms with van der Waals surface area (Å²) >= 11 is 0. The summed E-state index contributed by atoms with van der Waals surface area (Å²) in [5, 5.41) is 12.9. The van der Waals surface area contributed by atoms with Crippen LogP contribution in [0.5, 0.6) is 0 Å². The van der Waals surface area contributed by atoms with Gasteiger partial charge in [0.2, 0.25) is 5.91 Å². The molecule has 0 saturated carbocycles. The second kappa shape index (κ2) is 20.3. The summed E-state index contributed by atoms with van der Waals surface area (Å²) in [5.41, 5.74) is 2.00. The third kappa shape index (κ3) is 13.8. The van der Waals surface area contributed by atoms with Crippen LogP contribution in [0.1, 0.15) is 102 Å². The quantitative estimate of drug-likeness (QED) is 0.154. The molecule has 0 saturated heterocycles. The van der Waals surface area contributed by atoms with E-state index in [1.165, 1.54) is 64.2 Å². The zero-order chi connectivity index (χ0) is 28.1. The van der Waals surface area contributed by atoms with Crippen LogP contribution in [0.25, 0.3) is 0 Å². The van der Waals surface area contributed by atoms with Gasteiger partial charge in [-0.25, -0.2) is 4.79 Å². The molecular formula is C34H52N2O3. The molecular weight excluding hydrogens is 484 g/mol. The van der Waals surface area contributed by atoms with E-state index in [1.807, 2.05) is 48.5 Å². The van der Waals surface area contributed by atoms with Crippen LogP contribution in [-0.2, 0) is 22.4 Å². The molecule has 216 valence electrons. The minimum absolute atomic E-state index is 0.181. The van der Waals surface area contributed by atoms with Crippen molar-refractivity contribution in [2.45, 2.75) is 116 Å². The number of carboxylic acids is 1. The van der Waals surface area contributed by atoms with Crippen molar-refractivity contribution in [3.63, 3.8) is 0 Å². The van der Waals surface area contributed by atoms with Crippen molar-refractivity contribution in [1.29, 1.82) is 0 Å². The zero-order valence-electron chi connectivity index (χ0n) is 24.5. The molecule has 0 aliphatic carbocycles. The van der Waals surface area contributed by atoms with Crippen molar-refractivity contribution in [2.75, 3.05) is 13.1 Å². The molecule has 5 nitrogen and oxygen atoms in total. The van der Waals surface area contributed by atoms with Gasteiger partial charge in [0.05, 0.1) is 6.04 Å². The number of amides is 1. The first-order valence-electron chi connectivity index (χ1n) is 15.4. The third-order valence-corrected chi connectivity index (χ3v) is 7.51. The molecule has 0 aliphatic rings. The molecule has 0 radical (unpaired) electrons. The molecule has 2 N–H and O–H groups in total. The molecule has 0 aliphatic heterocycles. The minimum Gasteiger partial charge on any atom is -0.480 e. The van der Waals surface area contributed by atoms with E-state index in [0.29, 0.717) is 6.42 Å². The summed E-state index contributed by atoms with van der Waals surface area (Å²) in [6.07, 6.45) is 15.3. The summed E-state index contributed by atoms with van der Waals surface area (Å²) in [7, 11) is 0. The van der Waals surface area contributed by atoms with Crippen molar-refractivity contribution >= 4 is 11.9 Å². The fourth-order valence-corrected chi connectivity index (χ4v) is 5.16. The number of hydrogen-bond acceptors (Lipinski definition) is 3. The maximum Gasteiger partial charge on any atom is 0.326 e. The van der Waals surface area contributed by atoms with Gasteiger partial charge in [-0.15, -0.1) is 0 Å². The van der Waals surface area contributed by atoms with Crippen molar-refractivity contribution in [3.8, 4) is 0 Å². The Morgan fingerprint density at radius 2 is 1.10 bits per heavy atom. The maximum absolute atomic E-state index is 13.8. The molecule has 2 aromatic rings. The summed E-state index contributed by atoms with van der Waals surface area (Å²) < 4.78 is 0. The lowest BCUT2D eigenvalue weighted by molar-refractivity contribution is -0.142. The van der Waals surface area contributed by atoms with Gasteiger partial charge in [-0.05, 0) is 43.5 Å². The molecule has 0 bridgehead atoms. The summed E-state index contributed by atoms with van der Waals surface area (Å²) in [4.78, 5) is 28.3. The molecule has 0 heterocycles. The molecule has 0 fully saturated rings. The zero-order valence-corrected chi connectivity index (χ0v) is 24.5. The topological polar surface area (TPSA) is 69.6 Å². The lowest BCUT2D eigenvalue weighted by Gasteiger charge is -2.32. The standard InChI is InChI=1S/C34H52N2O3/c1-3-5-7-9-11-19-25-36(26-20-12-10-8-6-4-2)32(28-30-23-17-14-18-24-30)33(37)35-31(34(38)39)27-29-21-15-13-16-22-29/h13-18,21-24,31-32H,3-12,19-20,25-28H2,1-2H3,(H,35,37)(H,38,39)/t31-,32-/m0/s1. The van der Waals surface area contributed by atoms with E-state index >= 15 is 0 Å². The van der Waals surface area contributed by atoms with E-state index < -0.39 is 18.1 Å². The smallest absolute Gasteiger partial charge is 0.326 e. The Labute approximate surface area is 237 Å². The van der Waals surface area contributed by atoms with Gasteiger partial charge in [0.25, 0.3) is 0 Å². The highest BCUT2D eigenvalue weighted by Crippen LogP contribution is 2.16. The van der Waals surface area contributed by atoms with Gasteiger partial charge in [-0.2, -0.15) is 0 Å². The molecule has 5 heteroatoms. The van der Waals surface area contributed by atoms with Gasteiger partial charge in [0.15, 0.2) is 0 Å². The normalized spacial score (nSPS) is 12.8. The lowest BCUT2D eigenvalue weighted by Crippen LogP contribution is -2.53. The first-order chi connectivity index (χ1) is 19.0. The summed E-state index contributed by atoms with van der Waals surface area (Å²) in [6, 6.07) is 18.3. The monoisotopic (exact) mass is 536 g/mol. The van der Waals surface area contributed by atoms with Gasteiger partial charge < -0.3 is 10.4 Å². The number of carbonyl (C=O) groups excluding carboxylic acids is 1. The Kier molecular flexibility index (Phi) is 16.9. The SMILES string of the molecule is CCCCCCCCN(CCCCCCCC)[C@@H](Cc1ccccc1)C(=O)N[C@@H](Cc1ccccc1)C(=O)O. The van der Waals surface area contributed by atoms with Gasteiger partial charge >= 0.3 is 5.97 Å². The summed E-state index contributed by atoms with van der Waals surface area (Å²) in [6.45, 7) is 6.19. The minimum atomic E-state index is -0.996. The number of carbonyl (C=O) groups is 2. The van der Waals surface area contributed by atoms with Crippen LogP contribution in [-0.4, -0.2) is 47.1 Å². The molecule has 2 atom stereocenters. The van der Waals surface area contributed by atoms with Crippen molar-refractivity contribution in [3.05, 3.63) is 71.8 Å². The molecule has 1 amide bonds. The van der Waals surface area contributed by atoms with E-state index in [1.54, 1.807) is 0 Å². The van der Waals surface area contributed by atoms with Crippen LogP contribution in [0.15, 0.2) is 60.7 Å². The number of hydrogen-bond donors (Lipinski definition) is 2. The highest BCUT2D eigenvalue weighted by atomic mass is 16.4. The Hall–Kier alpha value is -2.66. The van der Waals surface area contributed by atoms with Crippen LogP contribution in [0.3, 0.4) is 0 Å². The highest BCUT2D eigenvalue weighted by molar-refractivity contribution is 5.87. The Bertz CT molecular complexity index is 887. The average molecular weight is 537 g/mol. The number of carboxylic acid groups (broad SMARTS) is 1. The van der Waals surface area contributed by atoms with Gasteiger partial charge in [0, 0.05) is 6.42 Å². The molecule has 2 aromatic carbocycles. The van der Waals surface area contributed by atoms with Crippen molar-refractivity contribution in [2.24, 2.45) is 0 Å². The van der Waals surface area contributed by atoms with E-state index in [-0.39, 0.29) is 12.3 Å². The predicted molar refractivity (Wildman–Crippen MR) is 162 cm³/mol. The Morgan fingerprint density at radius 3 is 1.56 bits per heavy atom. The summed E-state index contributed by atoms with van der Waals surface area (Å²) in [5.74, 6) is -1.18. The fourth-order valence-electron chi connectivity index (χ4n) is 5.16. The lowest BCUT2D eigenvalue weighted by atomic mass is 10.0. The van der Waals surface area contributed by atoms with E-state index in [4.69, 9.17) is 0 Å². The van der Waals surface area contributed by atoms with Crippen LogP contribution in [0.4, 0.5) is 0 Å². The van der Waals surface area contributed by atoms with E-state index in [2.05, 4.69) is 36.2 Å². The Morgan fingerprint density at radius 1 is 0.667 bits per heavy atom. The van der Waals surface area contributed by atoms with E-state index in [9.17, 15) is 14.7 Å². The maximum atomic E-state index is 13.8. The molecule has 0 unspecified atom stereocenters. The number of nitrogens with one attached hydrogen (secondary N) is 1. The largest absolute Gasteiger partial charge is 0.480 e. The molecule has 39 heavy (non-hydrogen) atoms. The Balaban J connectivity index is 2.16. The van der Waals surface area contributed by atoms with E-state index in [0.717, 1.165) is 37.1 Å². The van der Waals surface area contributed by atoms with Crippen molar-refractivity contribution in [1.82, 2.24) is 10.2 Å². The van der Waals surface area contributed by atoms with Gasteiger partial charge in [-0.3, -0.25) is 9.69 Å². The second-order valence-corrected chi connectivity index (χ2v) is 10.9. The van der Waals surface area contributed by atoms with Crippen LogP contribution >= 0.6 is 0 Å². The predicted octanol–water partition coefficient (Wildman–Crippen LogP) is 7.43. The third-order valence-electron chi connectivity index (χ3n) is 7.51. The molecule has 0 spiro atoms. The fraction of sp³-hybridized carbons (Fsp3) is 0.588. The highest BCUT2D eigenvalue weighted by Gasteiger charge is 2.30. The number of rotatable bonds is 22. The number of aliphatic carboxylic acids is 1. The first-order valence-corrected chi connectivity index (χ1v) is 15.4. The molecule has 0 aromatic heterocycles. The van der Waals surface area contributed by atoms with Crippen LogP contribution in [0, 0.1) is 0 Å². The number of unbranched alkanes of at least 4 members (excludes halogenated alkanes) is 10. The average Bonchev–Trinajstić information content (AvgIpc) is 2.95. The van der Waals surface area contributed by atoms with Crippen LogP contribution < -0.4 is 5.32 Å². The first kappa shape index (κ1) is 32.6. The van der Waals surface area contributed by atoms with Crippen molar-refractivity contribution < 1.29 is 14.7 Å². The van der Waals surface area contributed by atoms with Gasteiger partial charge in [0.1, 0.15) is 6.04 Å². The number of benzene rings is 2. The second-order valence-electron chi connectivity index (χ2n) is 10.9. The molecule has 2 rings (SSSR count). The van der Waals surface area contributed by atoms with Gasteiger partial charge in [-0.1, -0.05) is 139 Å².